The second-order valence-corrected chi connectivity index (χ2v) is 4.03. The molecule has 0 radical (unpaired) electrons. The van der Waals surface area contributed by atoms with E-state index in [1.54, 1.807) is 0 Å². The summed E-state index contributed by atoms with van der Waals surface area (Å²) >= 11 is 0. The van der Waals surface area contributed by atoms with Crippen LogP contribution in [0, 0.1) is 13.8 Å². The molecule has 2 aromatic heterocycles. The van der Waals surface area contributed by atoms with Crippen molar-refractivity contribution in [2.75, 3.05) is 12.0 Å². The molecule has 0 unspecified atom stereocenters. The number of aromatic carboxylic acids is 1. The second kappa shape index (κ2) is 4.91. The van der Waals surface area contributed by atoms with Gasteiger partial charge in [0.25, 0.3) is 0 Å². The van der Waals surface area contributed by atoms with Gasteiger partial charge in [0.05, 0.1) is 19.3 Å². The van der Waals surface area contributed by atoms with Crippen molar-refractivity contribution in [3.8, 4) is 0 Å². The molecule has 7 nitrogen and oxygen atoms in total. The van der Waals surface area contributed by atoms with E-state index in [0.717, 1.165) is 11.4 Å². The van der Waals surface area contributed by atoms with E-state index in [1.165, 1.54) is 10.9 Å². The number of aromatic nitrogens is 4. The predicted octanol–water partition coefficient (Wildman–Crippen LogP) is 0.638. The quantitative estimate of drug-likeness (QED) is 0.812. The largest absolute Gasteiger partial charge is 0.476 e. The molecule has 2 heterocycles. The van der Waals surface area contributed by atoms with Gasteiger partial charge in [0.1, 0.15) is 0 Å². The van der Waals surface area contributed by atoms with Crippen LogP contribution in [0.4, 0.5) is 0 Å². The minimum absolute atomic E-state index is 0.0386. The van der Waals surface area contributed by atoms with Crippen LogP contribution in [0.3, 0.4) is 0 Å². The first-order valence-corrected chi connectivity index (χ1v) is 5.60. The SMILES string of the molecule is Cc1ccc(C)n1NCCn1cc(C(=O)O)nn1. The summed E-state index contributed by atoms with van der Waals surface area (Å²) in [7, 11) is 0. The Balaban J connectivity index is 1.90. The third kappa shape index (κ3) is 2.50. The van der Waals surface area contributed by atoms with E-state index in [-0.39, 0.29) is 5.69 Å². The summed E-state index contributed by atoms with van der Waals surface area (Å²) in [6.07, 6.45) is 1.42. The molecule has 0 bridgehead atoms. The lowest BCUT2D eigenvalue weighted by molar-refractivity contribution is 0.0690. The third-order valence-corrected chi connectivity index (χ3v) is 2.64. The normalized spacial score (nSPS) is 10.6. The second-order valence-electron chi connectivity index (χ2n) is 4.03. The molecule has 2 aromatic rings. The lowest BCUT2D eigenvalue weighted by atomic mass is 10.5. The molecule has 96 valence electrons. The van der Waals surface area contributed by atoms with Crippen LogP contribution in [0.5, 0.6) is 0 Å². The van der Waals surface area contributed by atoms with Gasteiger partial charge in [-0.25, -0.2) is 9.48 Å². The van der Waals surface area contributed by atoms with Gasteiger partial charge in [0, 0.05) is 11.4 Å². The lowest BCUT2D eigenvalue weighted by Crippen LogP contribution is -2.22. The minimum Gasteiger partial charge on any atom is -0.476 e. The van der Waals surface area contributed by atoms with Crippen LogP contribution in [-0.4, -0.2) is 37.3 Å². The number of aryl methyl sites for hydroxylation is 2. The van der Waals surface area contributed by atoms with Gasteiger partial charge >= 0.3 is 5.97 Å². The van der Waals surface area contributed by atoms with Crippen LogP contribution in [0.25, 0.3) is 0 Å². The van der Waals surface area contributed by atoms with Crippen molar-refractivity contribution in [2.24, 2.45) is 0 Å². The van der Waals surface area contributed by atoms with Crippen LogP contribution in [0.1, 0.15) is 21.9 Å². The summed E-state index contributed by atoms with van der Waals surface area (Å²) in [6.45, 7) is 5.21. The molecule has 2 N–H and O–H groups in total. The smallest absolute Gasteiger partial charge is 0.358 e. The van der Waals surface area contributed by atoms with E-state index in [4.69, 9.17) is 5.11 Å². The molecule has 0 saturated heterocycles. The van der Waals surface area contributed by atoms with Crippen molar-refractivity contribution in [2.45, 2.75) is 20.4 Å². The van der Waals surface area contributed by atoms with Gasteiger partial charge in [-0.05, 0) is 26.0 Å². The molecule has 0 aliphatic rings. The Hall–Kier alpha value is -2.31. The average molecular weight is 249 g/mol. The van der Waals surface area contributed by atoms with Gasteiger partial charge in [0.15, 0.2) is 5.69 Å². The number of nitrogens with zero attached hydrogens (tertiary/aromatic N) is 4. The first kappa shape index (κ1) is 12.2. The highest BCUT2D eigenvalue weighted by atomic mass is 16.4. The molecule has 2 rings (SSSR count). The molecular weight excluding hydrogens is 234 g/mol. The molecule has 7 heteroatoms. The van der Waals surface area contributed by atoms with Gasteiger partial charge in [0.2, 0.25) is 0 Å². The van der Waals surface area contributed by atoms with E-state index in [0.29, 0.717) is 13.1 Å². The van der Waals surface area contributed by atoms with Crippen LogP contribution in [0.15, 0.2) is 18.3 Å². The summed E-state index contributed by atoms with van der Waals surface area (Å²) in [6, 6.07) is 4.06. The Morgan fingerprint density at radius 2 is 2.06 bits per heavy atom. The van der Waals surface area contributed by atoms with E-state index in [1.807, 2.05) is 30.7 Å². The molecule has 0 amide bonds. The fraction of sp³-hybridized carbons (Fsp3) is 0.364. The Labute approximate surface area is 104 Å². The lowest BCUT2D eigenvalue weighted by Gasteiger charge is -2.12. The highest BCUT2D eigenvalue weighted by molar-refractivity contribution is 5.84. The fourth-order valence-electron chi connectivity index (χ4n) is 1.70. The number of rotatable bonds is 5. The molecule has 0 aliphatic carbocycles. The summed E-state index contributed by atoms with van der Waals surface area (Å²) in [5.41, 5.74) is 5.44. The maximum absolute atomic E-state index is 10.6. The van der Waals surface area contributed by atoms with E-state index >= 15 is 0 Å². The highest BCUT2D eigenvalue weighted by Crippen LogP contribution is 2.03. The van der Waals surface area contributed by atoms with Gasteiger partial charge in [-0.3, -0.25) is 4.68 Å². The number of hydrogen-bond donors (Lipinski definition) is 2. The van der Waals surface area contributed by atoms with Crippen LogP contribution >= 0.6 is 0 Å². The molecular formula is C11H15N5O2. The summed E-state index contributed by atoms with van der Waals surface area (Å²) in [5, 5.41) is 16.0. The maximum Gasteiger partial charge on any atom is 0.358 e. The predicted molar refractivity (Wildman–Crippen MR) is 65.1 cm³/mol. The van der Waals surface area contributed by atoms with E-state index < -0.39 is 5.97 Å². The van der Waals surface area contributed by atoms with E-state index in [2.05, 4.69) is 15.7 Å². The zero-order chi connectivity index (χ0) is 13.1. The van der Waals surface area contributed by atoms with Gasteiger partial charge in [-0.1, -0.05) is 5.21 Å². The Bertz CT molecular complexity index is 538. The standard InChI is InChI=1S/C11H15N5O2/c1-8-3-4-9(2)16(8)12-5-6-15-7-10(11(17)18)13-14-15/h3-4,7,12H,5-6H2,1-2H3,(H,17,18). The third-order valence-electron chi connectivity index (χ3n) is 2.64. The molecule has 0 atom stereocenters. The van der Waals surface area contributed by atoms with Gasteiger partial charge in [-0.2, -0.15) is 0 Å². The molecule has 0 aliphatic heterocycles. The number of carbonyl (C=O) groups is 1. The van der Waals surface area contributed by atoms with Crippen LogP contribution in [0.2, 0.25) is 0 Å². The molecule has 18 heavy (non-hydrogen) atoms. The monoisotopic (exact) mass is 249 g/mol. The highest BCUT2D eigenvalue weighted by Gasteiger charge is 2.07. The van der Waals surface area contributed by atoms with Crippen molar-refractivity contribution in [3.63, 3.8) is 0 Å². The van der Waals surface area contributed by atoms with Crippen molar-refractivity contribution in [1.29, 1.82) is 0 Å². The number of nitrogens with one attached hydrogen (secondary N) is 1. The van der Waals surface area contributed by atoms with E-state index in [9.17, 15) is 4.79 Å². The molecule has 0 fully saturated rings. The first-order valence-electron chi connectivity index (χ1n) is 5.60. The maximum atomic E-state index is 10.6. The molecule has 0 aromatic carbocycles. The number of carboxylic acids is 1. The van der Waals surface area contributed by atoms with Gasteiger partial charge in [-0.15, -0.1) is 5.10 Å². The zero-order valence-corrected chi connectivity index (χ0v) is 10.3. The summed E-state index contributed by atoms with van der Waals surface area (Å²) in [5.74, 6) is -1.06. The topological polar surface area (TPSA) is 85.0 Å². The number of carboxylic acid groups (broad SMARTS) is 1. The molecule has 0 spiro atoms. The molecule has 0 saturated carbocycles. The Kier molecular flexibility index (Phi) is 3.31. The fourth-order valence-corrected chi connectivity index (χ4v) is 1.70. The average Bonchev–Trinajstić information content (AvgIpc) is 2.90. The van der Waals surface area contributed by atoms with Crippen LogP contribution in [-0.2, 0) is 6.54 Å². The summed E-state index contributed by atoms with van der Waals surface area (Å²) < 4.78 is 3.49. The summed E-state index contributed by atoms with van der Waals surface area (Å²) in [4.78, 5) is 10.6. The van der Waals surface area contributed by atoms with Crippen LogP contribution < -0.4 is 5.43 Å². The minimum atomic E-state index is -1.06. The van der Waals surface area contributed by atoms with Crippen molar-refractivity contribution in [3.05, 3.63) is 35.4 Å². The van der Waals surface area contributed by atoms with Crippen molar-refractivity contribution >= 4 is 5.97 Å². The Morgan fingerprint density at radius 1 is 1.39 bits per heavy atom. The number of hydrogen-bond acceptors (Lipinski definition) is 4. The first-order chi connectivity index (χ1) is 8.58. The van der Waals surface area contributed by atoms with Crippen molar-refractivity contribution in [1.82, 2.24) is 19.7 Å². The van der Waals surface area contributed by atoms with Crippen molar-refractivity contribution < 1.29 is 9.90 Å². The Morgan fingerprint density at radius 3 is 2.61 bits per heavy atom. The van der Waals surface area contributed by atoms with Gasteiger partial charge < -0.3 is 10.5 Å². The zero-order valence-electron chi connectivity index (χ0n) is 10.3.